The molecule has 1 aliphatic rings. The highest BCUT2D eigenvalue weighted by molar-refractivity contribution is 5.68. The molecule has 1 aromatic heterocycles. The second-order valence-electron chi connectivity index (χ2n) is 4.58. The number of nitrogens with zero attached hydrogens (tertiary/aromatic N) is 4. The number of rotatable bonds is 3. The molecule has 2 aromatic rings. The molecule has 0 bridgehead atoms. The summed E-state index contributed by atoms with van der Waals surface area (Å²) in [5.74, 6) is 1.36. The second kappa shape index (κ2) is 4.70. The Morgan fingerprint density at radius 1 is 1.45 bits per heavy atom. The van der Waals surface area contributed by atoms with Crippen molar-refractivity contribution in [3.05, 3.63) is 36.0 Å². The summed E-state index contributed by atoms with van der Waals surface area (Å²) in [5, 5.41) is 17.1. The molecule has 0 N–H and O–H groups in total. The first-order chi connectivity index (χ1) is 9.69. The molecule has 1 aromatic carbocycles. The van der Waals surface area contributed by atoms with Gasteiger partial charge in [-0.1, -0.05) is 17.4 Å². The highest BCUT2D eigenvalue weighted by Gasteiger charge is 2.19. The highest BCUT2D eigenvalue weighted by atomic mass is 16.7. The van der Waals surface area contributed by atoms with Crippen molar-refractivity contribution in [3.63, 3.8) is 0 Å². The Labute approximate surface area is 115 Å². The fraction of sp³-hybridized carbons (Fsp3) is 0.214. The van der Waals surface area contributed by atoms with E-state index in [4.69, 9.17) is 9.47 Å². The second-order valence-corrected chi connectivity index (χ2v) is 4.58. The van der Waals surface area contributed by atoms with Gasteiger partial charge in [-0.25, -0.2) is 4.68 Å². The van der Waals surface area contributed by atoms with Gasteiger partial charge in [0.15, 0.2) is 17.2 Å². The maximum atomic E-state index is 9.18. The molecule has 0 atom stereocenters. The molecule has 20 heavy (non-hydrogen) atoms. The summed E-state index contributed by atoms with van der Waals surface area (Å²) in [7, 11) is 0. The molecule has 6 nitrogen and oxygen atoms in total. The van der Waals surface area contributed by atoms with Crippen LogP contribution in [0.1, 0.15) is 12.6 Å². The summed E-state index contributed by atoms with van der Waals surface area (Å²) < 4.78 is 12.3. The maximum absolute atomic E-state index is 9.18. The van der Waals surface area contributed by atoms with Crippen LogP contribution in [-0.2, 0) is 6.54 Å². The number of allylic oxidation sites excluding steroid dienone is 1. The summed E-state index contributed by atoms with van der Waals surface area (Å²) in [6.07, 6.45) is 0. The van der Waals surface area contributed by atoms with Crippen LogP contribution in [0.4, 0.5) is 0 Å². The lowest BCUT2D eigenvalue weighted by Gasteiger charge is -2.07. The van der Waals surface area contributed by atoms with E-state index in [1.807, 2.05) is 25.1 Å². The van der Waals surface area contributed by atoms with Crippen LogP contribution < -0.4 is 9.47 Å². The van der Waals surface area contributed by atoms with E-state index in [9.17, 15) is 5.26 Å². The predicted octanol–water partition coefficient (Wildman–Crippen LogP) is 2.12. The minimum atomic E-state index is 0.215. The monoisotopic (exact) mass is 268 g/mol. The average Bonchev–Trinajstić information content (AvgIpc) is 3.03. The molecule has 0 fully saturated rings. The van der Waals surface area contributed by atoms with Crippen molar-refractivity contribution < 1.29 is 9.47 Å². The topological polar surface area (TPSA) is 73.0 Å². The largest absolute Gasteiger partial charge is 0.454 e. The molecule has 0 spiro atoms. The van der Waals surface area contributed by atoms with Gasteiger partial charge in [0.25, 0.3) is 0 Å². The standard InChI is InChI=1S/C14H12N4O2/c1-9(2)7-18-14(11(6-15)16-17-18)10-3-4-12-13(5-10)20-8-19-12/h3-5H,1,7-8H2,2H3. The van der Waals surface area contributed by atoms with Crippen molar-refractivity contribution in [2.24, 2.45) is 0 Å². The van der Waals surface area contributed by atoms with E-state index in [2.05, 4.69) is 23.0 Å². The first-order valence-corrected chi connectivity index (χ1v) is 6.07. The number of ether oxygens (including phenoxy) is 2. The summed E-state index contributed by atoms with van der Waals surface area (Å²) in [4.78, 5) is 0. The third-order valence-corrected chi connectivity index (χ3v) is 2.91. The smallest absolute Gasteiger partial charge is 0.231 e. The highest BCUT2D eigenvalue weighted by Crippen LogP contribution is 2.36. The quantitative estimate of drug-likeness (QED) is 0.797. The van der Waals surface area contributed by atoms with Crippen molar-refractivity contribution in [1.82, 2.24) is 15.0 Å². The number of hydrogen-bond donors (Lipinski definition) is 0. The van der Waals surface area contributed by atoms with E-state index in [1.54, 1.807) is 4.68 Å². The van der Waals surface area contributed by atoms with E-state index in [0.29, 0.717) is 23.7 Å². The Morgan fingerprint density at radius 3 is 3.00 bits per heavy atom. The van der Waals surface area contributed by atoms with E-state index >= 15 is 0 Å². The van der Waals surface area contributed by atoms with Crippen LogP contribution in [-0.4, -0.2) is 21.8 Å². The Hall–Kier alpha value is -2.81. The molecule has 0 unspecified atom stereocenters. The average molecular weight is 268 g/mol. The van der Waals surface area contributed by atoms with E-state index in [0.717, 1.165) is 11.1 Å². The molecular formula is C14H12N4O2. The molecule has 100 valence electrons. The Morgan fingerprint density at radius 2 is 2.25 bits per heavy atom. The molecule has 0 saturated carbocycles. The van der Waals surface area contributed by atoms with Crippen molar-refractivity contribution >= 4 is 0 Å². The minimum Gasteiger partial charge on any atom is -0.454 e. The number of hydrogen-bond acceptors (Lipinski definition) is 5. The fourth-order valence-corrected chi connectivity index (χ4v) is 2.08. The van der Waals surface area contributed by atoms with Gasteiger partial charge in [0.05, 0.1) is 6.54 Å². The number of benzene rings is 1. The number of aromatic nitrogens is 3. The van der Waals surface area contributed by atoms with Crippen LogP contribution in [0.5, 0.6) is 11.5 Å². The molecule has 0 saturated heterocycles. The zero-order valence-electron chi connectivity index (χ0n) is 11.0. The van der Waals surface area contributed by atoms with Crippen molar-refractivity contribution in [2.75, 3.05) is 6.79 Å². The normalized spacial score (nSPS) is 12.2. The first kappa shape index (κ1) is 12.2. The molecule has 6 heteroatoms. The summed E-state index contributed by atoms with van der Waals surface area (Å²) in [6.45, 7) is 6.49. The molecular weight excluding hydrogens is 256 g/mol. The van der Waals surface area contributed by atoms with Crippen LogP contribution in [0.15, 0.2) is 30.4 Å². The fourth-order valence-electron chi connectivity index (χ4n) is 2.08. The lowest BCUT2D eigenvalue weighted by atomic mass is 10.1. The number of nitriles is 1. The minimum absolute atomic E-state index is 0.215. The van der Waals surface area contributed by atoms with Gasteiger partial charge in [-0.15, -0.1) is 5.10 Å². The molecule has 2 heterocycles. The van der Waals surface area contributed by atoms with Gasteiger partial charge in [-0.2, -0.15) is 5.26 Å². The molecule has 0 amide bonds. The van der Waals surface area contributed by atoms with E-state index < -0.39 is 0 Å². The van der Waals surface area contributed by atoms with Crippen LogP contribution in [0.25, 0.3) is 11.3 Å². The number of fused-ring (bicyclic) bond motifs is 1. The SMILES string of the molecule is C=C(C)Cn1nnc(C#N)c1-c1ccc2c(c1)OCO2. The zero-order chi connectivity index (χ0) is 14.1. The van der Waals surface area contributed by atoms with Crippen LogP contribution >= 0.6 is 0 Å². The van der Waals surface area contributed by atoms with E-state index in [1.165, 1.54) is 0 Å². The van der Waals surface area contributed by atoms with Crippen LogP contribution in [0, 0.1) is 11.3 Å². The maximum Gasteiger partial charge on any atom is 0.231 e. The zero-order valence-corrected chi connectivity index (χ0v) is 11.0. The van der Waals surface area contributed by atoms with Gasteiger partial charge in [0.1, 0.15) is 11.8 Å². The molecule has 0 aliphatic carbocycles. The molecule has 0 radical (unpaired) electrons. The van der Waals surface area contributed by atoms with Crippen molar-refractivity contribution in [3.8, 4) is 28.8 Å². The van der Waals surface area contributed by atoms with Gasteiger partial charge in [-0.3, -0.25) is 0 Å². The van der Waals surface area contributed by atoms with Gasteiger partial charge < -0.3 is 9.47 Å². The van der Waals surface area contributed by atoms with Crippen LogP contribution in [0.3, 0.4) is 0 Å². The lowest BCUT2D eigenvalue weighted by molar-refractivity contribution is 0.174. The first-order valence-electron chi connectivity index (χ1n) is 6.07. The lowest BCUT2D eigenvalue weighted by Crippen LogP contribution is -2.03. The van der Waals surface area contributed by atoms with Crippen LogP contribution in [0.2, 0.25) is 0 Å². The summed E-state index contributed by atoms with van der Waals surface area (Å²) in [6, 6.07) is 7.57. The Bertz CT molecular complexity index is 727. The van der Waals surface area contributed by atoms with Gasteiger partial charge in [0, 0.05) is 5.56 Å². The van der Waals surface area contributed by atoms with Crippen molar-refractivity contribution in [2.45, 2.75) is 13.5 Å². The summed E-state index contributed by atoms with van der Waals surface area (Å²) >= 11 is 0. The third-order valence-electron chi connectivity index (χ3n) is 2.91. The Balaban J connectivity index is 2.11. The van der Waals surface area contributed by atoms with Gasteiger partial charge >= 0.3 is 0 Å². The predicted molar refractivity (Wildman–Crippen MR) is 71.1 cm³/mol. The van der Waals surface area contributed by atoms with Gasteiger partial charge in [0.2, 0.25) is 6.79 Å². The molecule has 3 rings (SSSR count). The third kappa shape index (κ3) is 1.99. The van der Waals surface area contributed by atoms with Crippen molar-refractivity contribution in [1.29, 1.82) is 5.26 Å². The van der Waals surface area contributed by atoms with E-state index in [-0.39, 0.29) is 12.5 Å². The molecule has 1 aliphatic heterocycles. The van der Waals surface area contributed by atoms with Gasteiger partial charge in [-0.05, 0) is 25.1 Å². The summed E-state index contributed by atoms with van der Waals surface area (Å²) in [5.41, 5.74) is 2.69. The Kier molecular flexibility index (Phi) is 2.88.